The maximum Gasteiger partial charge on any atom is 0.439 e. The van der Waals surface area contributed by atoms with Crippen LogP contribution in [-0.2, 0) is 0 Å². The van der Waals surface area contributed by atoms with E-state index >= 15 is 0 Å². The molecule has 0 aliphatic rings. The van der Waals surface area contributed by atoms with Gasteiger partial charge < -0.3 is 0 Å². The average molecular weight is 291 g/mol. The first kappa shape index (κ1) is 10.3. The summed E-state index contributed by atoms with van der Waals surface area (Å²) < 4.78 is 5.53. The van der Waals surface area contributed by atoms with Crippen LogP contribution < -0.4 is 5.76 Å². The van der Waals surface area contributed by atoms with Gasteiger partial charge in [-0.15, -0.1) is 0 Å². The number of nitrogens with one attached hydrogen (secondary N) is 1. The number of halogens is 1. The van der Waals surface area contributed by atoms with Gasteiger partial charge in [-0.3, -0.25) is 9.51 Å². The van der Waals surface area contributed by atoms with E-state index in [1.165, 1.54) is 0 Å². The molecule has 0 bridgehead atoms. The number of nitrogens with zero attached hydrogens (tertiary/aromatic N) is 1. The number of hydrogen-bond donors (Lipinski definition) is 1. The number of H-pyrrole nitrogens is 1. The van der Waals surface area contributed by atoms with Crippen molar-refractivity contribution < 1.29 is 4.52 Å². The van der Waals surface area contributed by atoms with E-state index in [0.29, 0.717) is 5.82 Å². The van der Waals surface area contributed by atoms with E-state index in [0.717, 1.165) is 20.8 Å². The summed E-state index contributed by atoms with van der Waals surface area (Å²) >= 11 is 3.49. The molecule has 0 aliphatic heterocycles. The van der Waals surface area contributed by atoms with E-state index in [2.05, 4.69) is 30.6 Å². The van der Waals surface area contributed by atoms with Crippen LogP contribution in [0.15, 0.2) is 50.2 Å². The van der Waals surface area contributed by atoms with Crippen LogP contribution in [0.5, 0.6) is 0 Å². The van der Waals surface area contributed by atoms with E-state index < -0.39 is 5.76 Å². The Morgan fingerprint density at radius 3 is 2.59 bits per heavy atom. The second-order valence-electron chi connectivity index (χ2n) is 3.58. The summed E-state index contributed by atoms with van der Waals surface area (Å²) in [4.78, 5) is 13.5. The zero-order valence-electron chi connectivity index (χ0n) is 8.61. The van der Waals surface area contributed by atoms with Crippen molar-refractivity contribution >= 4 is 26.7 Å². The van der Waals surface area contributed by atoms with E-state index in [-0.39, 0.29) is 0 Å². The highest BCUT2D eigenvalue weighted by atomic mass is 79.9. The molecule has 0 radical (unpaired) electrons. The highest BCUT2D eigenvalue weighted by Gasteiger charge is 2.09. The minimum Gasteiger partial charge on any atom is -0.296 e. The molecule has 0 unspecified atom stereocenters. The second-order valence-corrected chi connectivity index (χ2v) is 4.44. The van der Waals surface area contributed by atoms with Gasteiger partial charge in [0.2, 0.25) is 0 Å². The smallest absolute Gasteiger partial charge is 0.296 e. The molecule has 3 rings (SSSR count). The van der Waals surface area contributed by atoms with Crippen LogP contribution in [-0.4, -0.2) is 10.1 Å². The molecule has 84 valence electrons. The molecular formula is C12H7BrN2O2. The molecule has 17 heavy (non-hydrogen) atoms. The lowest BCUT2D eigenvalue weighted by Gasteiger charge is -2.04. The van der Waals surface area contributed by atoms with Gasteiger partial charge in [-0.2, -0.15) is 0 Å². The van der Waals surface area contributed by atoms with Crippen LogP contribution in [0.2, 0.25) is 0 Å². The maximum absolute atomic E-state index is 11.0. The Hall–Kier alpha value is -1.88. The molecule has 0 saturated carbocycles. The average Bonchev–Trinajstić information content (AvgIpc) is 2.77. The minimum atomic E-state index is -0.549. The van der Waals surface area contributed by atoms with Crippen molar-refractivity contribution in [3.8, 4) is 11.4 Å². The van der Waals surface area contributed by atoms with Gasteiger partial charge in [0.25, 0.3) is 0 Å². The molecule has 1 N–H and O–H groups in total. The molecular weight excluding hydrogens is 284 g/mol. The monoisotopic (exact) mass is 290 g/mol. The van der Waals surface area contributed by atoms with Crippen molar-refractivity contribution in [1.29, 1.82) is 0 Å². The van der Waals surface area contributed by atoms with Crippen LogP contribution in [0, 0.1) is 0 Å². The lowest BCUT2D eigenvalue weighted by Crippen LogP contribution is -1.95. The molecule has 3 aromatic rings. The molecule has 0 spiro atoms. The van der Waals surface area contributed by atoms with Crippen molar-refractivity contribution in [2.75, 3.05) is 0 Å². The normalized spacial score (nSPS) is 10.9. The first-order valence-corrected chi connectivity index (χ1v) is 5.78. The van der Waals surface area contributed by atoms with Gasteiger partial charge in [0.1, 0.15) is 0 Å². The topological polar surface area (TPSA) is 58.9 Å². The highest BCUT2D eigenvalue weighted by Crippen LogP contribution is 2.31. The largest absolute Gasteiger partial charge is 0.439 e. The van der Waals surface area contributed by atoms with Crippen molar-refractivity contribution in [3.63, 3.8) is 0 Å². The SMILES string of the molecule is O=c1[nH]c(-c2ccc(Br)c3ccccc23)no1. The van der Waals surface area contributed by atoms with Crippen LogP contribution in [0.3, 0.4) is 0 Å². The van der Waals surface area contributed by atoms with Crippen molar-refractivity contribution in [2.24, 2.45) is 0 Å². The standard InChI is InChI=1S/C12H7BrN2O2/c13-10-6-5-9(11-14-12(16)17-15-11)7-3-1-2-4-8(7)10/h1-6H,(H,14,15,16). The maximum atomic E-state index is 11.0. The molecule has 1 heterocycles. The van der Waals surface area contributed by atoms with Crippen LogP contribution in [0.4, 0.5) is 0 Å². The molecule has 0 fully saturated rings. The molecule has 0 atom stereocenters. The van der Waals surface area contributed by atoms with Crippen molar-refractivity contribution in [3.05, 3.63) is 51.4 Å². The summed E-state index contributed by atoms with van der Waals surface area (Å²) in [7, 11) is 0. The Morgan fingerprint density at radius 2 is 1.88 bits per heavy atom. The van der Waals surface area contributed by atoms with Gasteiger partial charge in [0.15, 0.2) is 5.82 Å². The van der Waals surface area contributed by atoms with Crippen molar-refractivity contribution in [1.82, 2.24) is 10.1 Å². The zero-order chi connectivity index (χ0) is 11.8. The first-order chi connectivity index (χ1) is 8.25. The number of fused-ring (bicyclic) bond motifs is 1. The van der Waals surface area contributed by atoms with Crippen LogP contribution in [0.25, 0.3) is 22.2 Å². The number of rotatable bonds is 1. The van der Waals surface area contributed by atoms with Gasteiger partial charge in [-0.1, -0.05) is 45.4 Å². The van der Waals surface area contributed by atoms with Gasteiger partial charge >= 0.3 is 5.76 Å². The number of aromatic amines is 1. The second kappa shape index (κ2) is 3.85. The summed E-state index contributed by atoms with van der Waals surface area (Å²) in [5.41, 5.74) is 0.842. The van der Waals surface area contributed by atoms with E-state index in [4.69, 9.17) is 0 Å². The minimum absolute atomic E-state index is 0.443. The van der Waals surface area contributed by atoms with Gasteiger partial charge in [-0.25, -0.2) is 4.79 Å². The Morgan fingerprint density at radius 1 is 1.12 bits per heavy atom. The predicted octanol–water partition coefficient (Wildman–Crippen LogP) is 2.95. The van der Waals surface area contributed by atoms with Gasteiger partial charge in [0.05, 0.1) is 0 Å². The van der Waals surface area contributed by atoms with Crippen molar-refractivity contribution in [2.45, 2.75) is 0 Å². The Labute approximate surface area is 104 Å². The Kier molecular flexibility index (Phi) is 2.33. The Bertz CT molecular complexity index is 745. The molecule has 5 heteroatoms. The highest BCUT2D eigenvalue weighted by molar-refractivity contribution is 9.10. The summed E-state index contributed by atoms with van der Waals surface area (Å²) in [5.74, 6) is -0.106. The first-order valence-electron chi connectivity index (χ1n) is 4.99. The van der Waals surface area contributed by atoms with Gasteiger partial charge in [0, 0.05) is 10.0 Å². The van der Waals surface area contributed by atoms with Gasteiger partial charge in [-0.05, 0) is 22.9 Å². The molecule has 1 aromatic heterocycles. The lowest BCUT2D eigenvalue weighted by atomic mass is 10.0. The molecule has 2 aromatic carbocycles. The zero-order valence-corrected chi connectivity index (χ0v) is 10.2. The number of benzene rings is 2. The summed E-state index contributed by atoms with van der Waals surface area (Å²) in [6, 6.07) is 11.7. The van der Waals surface area contributed by atoms with E-state index in [1.807, 2.05) is 36.4 Å². The summed E-state index contributed by atoms with van der Waals surface area (Å²) in [5, 5.41) is 5.78. The third-order valence-electron chi connectivity index (χ3n) is 2.57. The third kappa shape index (κ3) is 1.68. The molecule has 0 amide bonds. The third-order valence-corrected chi connectivity index (χ3v) is 3.26. The fraction of sp³-hybridized carbons (Fsp3) is 0. The fourth-order valence-corrected chi connectivity index (χ4v) is 2.29. The molecule has 0 aliphatic carbocycles. The molecule has 4 nitrogen and oxygen atoms in total. The quantitative estimate of drug-likeness (QED) is 0.750. The number of hydrogen-bond acceptors (Lipinski definition) is 3. The molecule has 0 saturated heterocycles. The Balaban J connectivity index is 2.38. The predicted molar refractivity (Wildman–Crippen MR) is 67.8 cm³/mol. The summed E-state index contributed by atoms with van der Waals surface area (Å²) in [6.45, 7) is 0. The lowest BCUT2D eigenvalue weighted by molar-refractivity contribution is 0.388. The number of aromatic nitrogens is 2. The van der Waals surface area contributed by atoms with Crippen LogP contribution >= 0.6 is 15.9 Å². The van der Waals surface area contributed by atoms with E-state index in [9.17, 15) is 4.79 Å². The van der Waals surface area contributed by atoms with E-state index in [1.54, 1.807) is 0 Å². The fourth-order valence-electron chi connectivity index (χ4n) is 1.81. The summed E-state index contributed by atoms with van der Waals surface area (Å²) in [6.07, 6.45) is 0. The van der Waals surface area contributed by atoms with Crippen LogP contribution in [0.1, 0.15) is 0 Å².